The van der Waals surface area contributed by atoms with E-state index >= 15 is 0 Å². The molecule has 2 rings (SSSR count). The Morgan fingerprint density at radius 1 is 1.04 bits per heavy atom. The van der Waals surface area contributed by atoms with Gasteiger partial charge in [-0.1, -0.05) is 44.2 Å². The molecule has 0 aliphatic heterocycles. The summed E-state index contributed by atoms with van der Waals surface area (Å²) in [5.74, 6) is 1.26. The first-order valence-corrected chi connectivity index (χ1v) is 9.28. The van der Waals surface area contributed by atoms with Crippen LogP contribution in [0, 0.1) is 0 Å². The Morgan fingerprint density at radius 2 is 1.78 bits per heavy atom. The van der Waals surface area contributed by atoms with Crippen molar-refractivity contribution in [2.24, 2.45) is 0 Å². The van der Waals surface area contributed by atoms with E-state index in [2.05, 4.69) is 29.4 Å². The third-order valence-corrected chi connectivity index (χ3v) is 4.28. The van der Waals surface area contributed by atoms with Crippen LogP contribution >= 0.6 is 0 Å². The number of amides is 2. The maximum Gasteiger partial charge on any atom is 0.319 e. The normalized spacial score (nSPS) is 10.5. The van der Waals surface area contributed by atoms with Gasteiger partial charge in [0.25, 0.3) is 0 Å². The smallest absolute Gasteiger partial charge is 0.319 e. The number of methoxy groups -OCH3 is 1. The second kappa shape index (κ2) is 11.1. The van der Waals surface area contributed by atoms with Crippen molar-refractivity contribution < 1.29 is 14.3 Å². The molecule has 0 aromatic heterocycles. The number of nitrogens with one attached hydrogen (secondary N) is 2. The molecule has 2 aromatic carbocycles. The third-order valence-electron chi connectivity index (χ3n) is 4.28. The molecular formula is C21H29N3O3. The first kappa shape index (κ1) is 20.6. The van der Waals surface area contributed by atoms with Crippen LogP contribution in [0.5, 0.6) is 11.5 Å². The van der Waals surface area contributed by atoms with Crippen molar-refractivity contribution in [2.45, 2.75) is 20.4 Å². The van der Waals surface area contributed by atoms with E-state index < -0.39 is 0 Å². The van der Waals surface area contributed by atoms with Crippen LogP contribution in [-0.2, 0) is 6.54 Å². The molecule has 0 saturated heterocycles. The van der Waals surface area contributed by atoms with Crippen LogP contribution in [0.2, 0.25) is 0 Å². The van der Waals surface area contributed by atoms with Crippen molar-refractivity contribution in [3.8, 4) is 11.5 Å². The fraction of sp³-hybridized carbons (Fsp3) is 0.381. The maximum atomic E-state index is 12.1. The number of hydrogen-bond acceptors (Lipinski definition) is 4. The van der Waals surface area contributed by atoms with Gasteiger partial charge in [0.1, 0.15) is 6.61 Å². The summed E-state index contributed by atoms with van der Waals surface area (Å²) in [6.07, 6.45) is 0. The molecule has 6 heteroatoms. The van der Waals surface area contributed by atoms with E-state index in [1.165, 1.54) is 0 Å². The van der Waals surface area contributed by atoms with E-state index in [1.807, 2.05) is 30.3 Å². The topological polar surface area (TPSA) is 62.8 Å². The molecule has 2 N–H and O–H groups in total. The second-order valence-corrected chi connectivity index (χ2v) is 6.03. The monoisotopic (exact) mass is 371 g/mol. The zero-order chi connectivity index (χ0) is 19.5. The Hall–Kier alpha value is -2.73. The largest absolute Gasteiger partial charge is 0.493 e. The molecule has 0 fully saturated rings. The summed E-state index contributed by atoms with van der Waals surface area (Å²) in [6.45, 7) is 8.09. The van der Waals surface area contributed by atoms with Crippen LogP contribution in [0.25, 0.3) is 0 Å². The molecule has 0 heterocycles. The van der Waals surface area contributed by atoms with Crippen molar-refractivity contribution in [2.75, 3.05) is 38.7 Å². The van der Waals surface area contributed by atoms with Gasteiger partial charge in [-0.05, 0) is 30.8 Å². The van der Waals surface area contributed by atoms with Gasteiger partial charge in [-0.3, -0.25) is 0 Å². The molecule has 146 valence electrons. The minimum absolute atomic E-state index is 0.266. The van der Waals surface area contributed by atoms with Crippen molar-refractivity contribution >= 4 is 11.7 Å². The number of likely N-dealkylation sites (N-methyl/N-ethyl adjacent to an activating group) is 1. The Labute approximate surface area is 161 Å². The molecule has 0 unspecified atom stereocenters. The van der Waals surface area contributed by atoms with Gasteiger partial charge >= 0.3 is 6.03 Å². The molecular weight excluding hydrogens is 342 g/mol. The fourth-order valence-corrected chi connectivity index (χ4v) is 2.65. The SMILES string of the molecule is CCN(CC)CCOc1cc(NC(=O)NCc2ccccc2)ccc1OC. The predicted molar refractivity (Wildman–Crippen MR) is 109 cm³/mol. The average Bonchev–Trinajstić information content (AvgIpc) is 2.71. The number of anilines is 1. The highest BCUT2D eigenvalue weighted by molar-refractivity contribution is 5.89. The van der Waals surface area contributed by atoms with Gasteiger partial charge in [0.05, 0.1) is 7.11 Å². The van der Waals surface area contributed by atoms with Gasteiger partial charge in [-0.2, -0.15) is 0 Å². The van der Waals surface area contributed by atoms with Gasteiger partial charge in [0.15, 0.2) is 11.5 Å². The van der Waals surface area contributed by atoms with E-state index in [0.717, 1.165) is 25.2 Å². The standard InChI is InChI=1S/C21H29N3O3/c1-4-24(5-2)13-14-27-20-15-18(11-12-19(20)26-3)23-21(25)22-16-17-9-7-6-8-10-17/h6-12,15H,4-5,13-14,16H2,1-3H3,(H2,22,23,25). The molecule has 0 spiro atoms. The molecule has 0 saturated carbocycles. The lowest BCUT2D eigenvalue weighted by atomic mass is 10.2. The van der Waals surface area contributed by atoms with E-state index in [4.69, 9.17) is 9.47 Å². The molecule has 0 bridgehead atoms. The summed E-state index contributed by atoms with van der Waals surface area (Å²) in [5.41, 5.74) is 1.70. The lowest BCUT2D eigenvalue weighted by molar-refractivity contribution is 0.217. The first-order chi connectivity index (χ1) is 13.2. The van der Waals surface area contributed by atoms with Crippen molar-refractivity contribution in [3.63, 3.8) is 0 Å². The zero-order valence-electron chi connectivity index (χ0n) is 16.3. The summed E-state index contributed by atoms with van der Waals surface area (Å²) in [5, 5.41) is 5.67. The van der Waals surface area contributed by atoms with Gasteiger partial charge in [0.2, 0.25) is 0 Å². The van der Waals surface area contributed by atoms with Gasteiger partial charge in [0, 0.05) is 24.8 Å². The van der Waals surface area contributed by atoms with Crippen molar-refractivity contribution in [1.82, 2.24) is 10.2 Å². The molecule has 6 nitrogen and oxygen atoms in total. The van der Waals surface area contributed by atoms with Crippen molar-refractivity contribution in [1.29, 1.82) is 0 Å². The molecule has 0 aliphatic carbocycles. The fourth-order valence-electron chi connectivity index (χ4n) is 2.65. The number of hydrogen-bond donors (Lipinski definition) is 2. The molecule has 0 radical (unpaired) electrons. The van der Waals surface area contributed by atoms with E-state index in [9.17, 15) is 4.79 Å². The molecule has 27 heavy (non-hydrogen) atoms. The summed E-state index contributed by atoms with van der Waals surface area (Å²) < 4.78 is 11.2. The summed E-state index contributed by atoms with van der Waals surface area (Å²) in [7, 11) is 1.60. The summed E-state index contributed by atoms with van der Waals surface area (Å²) >= 11 is 0. The first-order valence-electron chi connectivity index (χ1n) is 9.28. The zero-order valence-corrected chi connectivity index (χ0v) is 16.3. The minimum Gasteiger partial charge on any atom is -0.493 e. The van der Waals surface area contributed by atoms with Crippen LogP contribution in [0.1, 0.15) is 19.4 Å². The number of carbonyl (C=O) groups excluding carboxylic acids is 1. The summed E-state index contributed by atoms with van der Waals surface area (Å²) in [6, 6.07) is 14.9. The van der Waals surface area contributed by atoms with Gasteiger partial charge in [-0.15, -0.1) is 0 Å². The Bertz CT molecular complexity index is 703. The number of urea groups is 1. The Balaban J connectivity index is 1.91. The molecule has 2 aromatic rings. The summed E-state index contributed by atoms with van der Waals surface area (Å²) in [4.78, 5) is 14.4. The number of rotatable bonds is 10. The number of benzene rings is 2. The number of ether oxygens (including phenoxy) is 2. The van der Waals surface area contributed by atoms with Crippen LogP contribution in [0.15, 0.2) is 48.5 Å². The number of nitrogens with zero attached hydrogens (tertiary/aromatic N) is 1. The van der Waals surface area contributed by atoms with Crippen LogP contribution < -0.4 is 20.1 Å². The Kier molecular flexibility index (Phi) is 8.45. The lowest BCUT2D eigenvalue weighted by Crippen LogP contribution is -2.28. The van der Waals surface area contributed by atoms with Gasteiger partial charge < -0.3 is 25.0 Å². The minimum atomic E-state index is -0.266. The maximum absolute atomic E-state index is 12.1. The molecule has 0 atom stereocenters. The highest BCUT2D eigenvalue weighted by Crippen LogP contribution is 2.30. The van der Waals surface area contributed by atoms with Crippen LogP contribution in [0.4, 0.5) is 10.5 Å². The average molecular weight is 371 g/mol. The highest BCUT2D eigenvalue weighted by Gasteiger charge is 2.09. The van der Waals surface area contributed by atoms with E-state index in [0.29, 0.717) is 30.3 Å². The molecule has 2 amide bonds. The lowest BCUT2D eigenvalue weighted by Gasteiger charge is -2.19. The highest BCUT2D eigenvalue weighted by atomic mass is 16.5. The third kappa shape index (κ3) is 6.83. The second-order valence-electron chi connectivity index (χ2n) is 6.03. The van der Waals surface area contributed by atoms with Crippen LogP contribution in [0.3, 0.4) is 0 Å². The van der Waals surface area contributed by atoms with Crippen molar-refractivity contribution in [3.05, 3.63) is 54.1 Å². The van der Waals surface area contributed by atoms with Gasteiger partial charge in [-0.25, -0.2) is 4.79 Å². The number of carbonyl (C=O) groups is 1. The predicted octanol–water partition coefficient (Wildman–Crippen LogP) is 3.74. The molecule has 0 aliphatic rings. The van der Waals surface area contributed by atoms with E-state index in [1.54, 1.807) is 25.3 Å². The Morgan fingerprint density at radius 3 is 2.44 bits per heavy atom. The quantitative estimate of drug-likeness (QED) is 0.668. The van der Waals surface area contributed by atoms with Crippen LogP contribution in [-0.4, -0.2) is 44.3 Å². The van der Waals surface area contributed by atoms with E-state index in [-0.39, 0.29) is 6.03 Å².